The van der Waals surface area contributed by atoms with Crippen LogP contribution in [0.25, 0.3) is 0 Å². The second-order valence-electron chi connectivity index (χ2n) is 3.32. The molecule has 0 saturated heterocycles. The Kier molecular flexibility index (Phi) is 4.38. The molecule has 0 aliphatic heterocycles. The van der Waals surface area contributed by atoms with Crippen molar-refractivity contribution in [3.8, 4) is 11.6 Å². The van der Waals surface area contributed by atoms with Gasteiger partial charge in [-0.1, -0.05) is 22.0 Å². The Bertz CT molecular complexity index is 445. The van der Waals surface area contributed by atoms with E-state index < -0.39 is 0 Å². The van der Waals surface area contributed by atoms with Crippen molar-refractivity contribution in [3.05, 3.63) is 53.1 Å². The summed E-state index contributed by atoms with van der Waals surface area (Å²) in [5.74, 6) is 1.45. The summed E-state index contributed by atoms with van der Waals surface area (Å²) >= 11 is 3.37. The molecule has 3 nitrogen and oxygen atoms in total. The lowest BCUT2D eigenvalue weighted by atomic mass is 10.3. The van der Waals surface area contributed by atoms with E-state index in [2.05, 4.69) is 20.9 Å². The Morgan fingerprint density at radius 3 is 2.41 bits per heavy atom. The largest absolute Gasteiger partial charge is 0.490 e. The Labute approximate surface area is 109 Å². The van der Waals surface area contributed by atoms with Gasteiger partial charge >= 0.3 is 0 Å². The summed E-state index contributed by atoms with van der Waals surface area (Å²) in [6, 6.07) is 13.3. The van der Waals surface area contributed by atoms with Crippen LogP contribution in [0.3, 0.4) is 0 Å². The second kappa shape index (κ2) is 6.25. The van der Waals surface area contributed by atoms with Gasteiger partial charge in [0.2, 0.25) is 5.88 Å². The molecular formula is C13H12BrNO2. The molecule has 2 aromatic rings. The Hall–Kier alpha value is -1.55. The van der Waals surface area contributed by atoms with E-state index in [-0.39, 0.29) is 0 Å². The molecule has 0 fully saturated rings. The first-order chi connectivity index (χ1) is 8.34. The minimum absolute atomic E-state index is 0.479. The second-order valence-corrected chi connectivity index (χ2v) is 4.23. The fourth-order valence-corrected chi connectivity index (χ4v) is 1.53. The SMILES string of the molecule is Brc1ccc(OCCOc2ccccn2)cc1. The molecule has 1 heterocycles. The van der Waals surface area contributed by atoms with Crippen molar-refractivity contribution >= 4 is 15.9 Å². The molecule has 0 aliphatic rings. The smallest absolute Gasteiger partial charge is 0.213 e. The quantitative estimate of drug-likeness (QED) is 0.793. The average Bonchev–Trinajstić information content (AvgIpc) is 2.38. The number of halogens is 1. The molecule has 88 valence electrons. The third-order valence-corrected chi connectivity index (χ3v) is 2.58. The van der Waals surface area contributed by atoms with Gasteiger partial charge in [-0.3, -0.25) is 0 Å². The number of pyridine rings is 1. The third kappa shape index (κ3) is 4.07. The maximum Gasteiger partial charge on any atom is 0.213 e. The zero-order valence-corrected chi connectivity index (χ0v) is 10.8. The van der Waals surface area contributed by atoms with Gasteiger partial charge in [-0.25, -0.2) is 4.98 Å². The summed E-state index contributed by atoms with van der Waals surface area (Å²) in [6.07, 6.45) is 1.70. The predicted octanol–water partition coefficient (Wildman–Crippen LogP) is 3.30. The lowest BCUT2D eigenvalue weighted by molar-refractivity contribution is 0.212. The van der Waals surface area contributed by atoms with E-state index in [1.807, 2.05) is 42.5 Å². The minimum Gasteiger partial charge on any atom is -0.490 e. The van der Waals surface area contributed by atoms with E-state index in [0.717, 1.165) is 10.2 Å². The zero-order valence-electron chi connectivity index (χ0n) is 9.17. The zero-order chi connectivity index (χ0) is 11.9. The molecule has 1 aromatic heterocycles. The number of hydrogen-bond acceptors (Lipinski definition) is 3. The molecule has 2 rings (SSSR count). The summed E-state index contributed by atoms with van der Waals surface area (Å²) in [7, 11) is 0. The van der Waals surface area contributed by atoms with Gasteiger partial charge < -0.3 is 9.47 Å². The van der Waals surface area contributed by atoms with Crippen LogP contribution in [0, 0.1) is 0 Å². The number of ether oxygens (including phenoxy) is 2. The van der Waals surface area contributed by atoms with Crippen LogP contribution >= 0.6 is 15.9 Å². The van der Waals surface area contributed by atoms with Crippen molar-refractivity contribution in [1.82, 2.24) is 4.98 Å². The molecule has 1 aromatic carbocycles. The number of nitrogens with zero attached hydrogens (tertiary/aromatic N) is 1. The first kappa shape index (κ1) is 11.9. The van der Waals surface area contributed by atoms with Crippen LogP contribution in [-0.2, 0) is 0 Å². The normalized spacial score (nSPS) is 9.94. The summed E-state index contributed by atoms with van der Waals surface area (Å²) in [6.45, 7) is 0.977. The van der Waals surface area contributed by atoms with Crippen LogP contribution in [-0.4, -0.2) is 18.2 Å². The van der Waals surface area contributed by atoms with Crippen molar-refractivity contribution in [3.63, 3.8) is 0 Å². The molecule has 0 saturated carbocycles. The maximum absolute atomic E-state index is 5.51. The van der Waals surface area contributed by atoms with E-state index in [4.69, 9.17) is 9.47 Å². The molecule has 4 heteroatoms. The molecular weight excluding hydrogens is 282 g/mol. The molecule has 0 unspecified atom stereocenters. The highest BCUT2D eigenvalue weighted by molar-refractivity contribution is 9.10. The van der Waals surface area contributed by atoms with Crippen LogP contribution in [0.2, 0.25) is 0 Å². The topological polar surface area (TPSA) is 31.4 Å². The van der Waals surface area contributed by atoms with Crippen molar-refractivity contribution in [2.45, 2.75) is 0 Å². The molecule has 0 spiro atoms. The van der Waals surface area contributed by atoms with Crippen molar-refractivity contribution in [2.24, 2.45) is 0 Å². The Morgan fingerprint density at radius 1 is 0.941 bits per heavy atom. The lowest BCUT2D eigenvalue weighted by Crippen LogP contribution is -2.09. The van der Waals surface area contributed by atoms with Gasteiger partial charge in [0.05, 0.1) is 0 Å². The molecule has 0 atom stereocenters. The summed E-state index contributed by atoms with van der Waals surface area (Å²) in [4.78, 5) is 4.05. The summed E-state index contributed by atoms with van der Waals surface area (Å²) in [5.41, 5.74) is 0. The van der Waals surface area contributed by atoms with Crippen molar-refractivity contribution < 1.29 is 9.47 Å². The van der Waals surface area contributed by atoms with Crippen LogP contribution in [0.4, 0.5) is 0 Å². The highest BCUT2D eigenvalue weighted by Crippen LogP contribution is 2.15. The maximum atomic E-state index is 5.51. The lowest BCUT2D eigenvalue weighted by Gasteiger charge is -2.07. The number of rotatable bonds is 5. The van der Waals surface area contributed by atoms with Crippen LogP contribution in [0.5, 0.6) is 11.6 Å². The van der Waals surface area contributed by atoms with Gasteiger partial charge in [-0.15, -0.1) is 0 Å². The highest BCUT2D eigenvalue weighted by atomic mass is 79.9. The van der Waals surface area contributed by atoms with E-state index >= 15 is 0 Å². The molecule has 17 heavy (non-hydrogen) atoms. The van der Waals surface area contributed by atoms with E-state index in [1.54, 1.807) is 6.20 Å². The Morgan fingerprint density at radius 2 is 1.71 bits per heavy atom. The first-order valence-electron chi connectivity index (χ1n) is 5.27. The molecule has 0 N–H and O–H groups in total. The minimum atomic E-state index is 0.479. The van der Waals surface area contributed by atoms with Gasteiger partial charge in [0.1, 0.15) is 19.0 Å². The summed E-state index contributed by atoms with van der Waals surface area (Å²) in [5, 5.41) is 0. The fourth-order valence-electron chi connectivity index (χ4n) is 1.27. The van der Waals surface area contributed by atoms with Crippen LogP contribution < -0.4 is 9.47 Å². The average molecular weight is 294 g/mol. The van der Waals surface area contributed by atoms with Gasteiger partial charge in [-0.2, -0.15) is 0 Å². The van der Waals surface area contributed by atoms with Crippen molar-refractivity contribution in [1.29, 1.82) is 0 Å². The van der Waals surface area contributed by atoms with Crippen molar-refractivity contribution in [2.75, 3.05) is 13.2 Å². The van der Waals surface area contributed by atoms with Crippen LogP contribution in [0.15, 0.2) is 53.1 Å². The summed E-state index contributed by atoms with van der Waals surface area (Å²) < 4.78 is 12.0. The first-order valence-corrected chi connectivity index (χ1v) is 6.06. The fraction of sp³-hybridized carbons (Fsp3) is 0.154. The van der Waals surface area contributed by atoms with E-state index in [9.17, 15) is 0 Å². The third-order valence-electron chi connectivity index (χ3n) is 2.05. The molecule has 0 bridgehead atoms. The van der Waals surface area contributed by atoms with Crippen LogP contribution in [0.1, 0.15) is 0 Å². The van der Waals surface area contributed by atoms with Gasteiger partial charge in [-0.05, 0) is 30.3 Å². The van der Waals surface area contributed by atoms with Gasteiger partial charge in [0, 0.05) is 16.7 Å². The monoisotopic (exact) mass is 293 g/mol. The number of benzene rings is 1. The molecule has 0 aliphatic carbocycles. The van der Waals surface area contributed by atoms with Gasteiger partial charge in [0.25, 0.3) is 0 Å². The van der Waals surface area contributed by atoms with E-state index in [0.29, 0.717) is 19.1 Å². The number of aromatic nitrogens is 1. The number of hydrogen-bond donors (Lipinski definition) is 0. The molecule has 0 radical (unpaired) electrons. The predicted molar refractivity (Wildman–Crippen MR) is 69.4 cm³/mol. The highest BCUT2D eigenvalue weighted by Gasteiger charge is 1.95. The Balaban J connectivity index is 1.71. The standard InChI is InChI=1S/C13H12BrNO2/c14-11-4-6-12(7-5-11)16-9-10-17-13-3-1-2-8-15-13/h1-8H,9-10H2. The van der Waals surface area contributed by atoms with Gasteiger partial charge in [0.15, 0.2) is 0 Å². The van der Waals surface area contributed by atoms with E-state index in [1.165, 1.54) is 0 Å². The molecule has 0 amide bonds.